The third-order valence-corrected chi connectivity index (χ3v) is 3.12. The predicted molar refractivity (Wildman–Crippen MR) is 48.1 cm³/mol. The molecule has 1 nitrogen and oxygen atoms in total. The van der Waals surface area contributed by atoms with Crippen LogP contribution in [0.4, 0.5) is 0 Å². The number of aliphatic hydroxyl groups is 1. The summed E-state index contributed by atoms with van der Waals surface area (Å²) in [5, 5.41) is 8.71. The van der Waals surface area contributed by atoms with E-state index in [1.807, 2.05) is 18.2 Å². The Kier molecular flexibility index (Phi) is 3.37. The molecule has 1 aromatic carbocycles. The minimum atomic E-state index is 0.106. The first-order valence-corrected chi connectivity index (χ1v) is 5.06. The molecular formula is C9H10OSe. The maximum absolute atomic E-state index is 8.71. The molecule has 0 fully saturated rings. The van der Waals surface area contributed by atoms with Crippen LogP contribution in [0.5, 0.6) is 0 Å². The van der Waals surface area contributed by atoms with Gasteiger partial charge in [-0.15, -0.1) is 0 Å². The standard InChI is InChI=1S/C9H10OSe/c1-8(7-10)11-9-5-3-2-4-6-9/h2-6,10H,1,7H2. The molecule has 0 heterocycles. The third-order valence-electron chi connectivity index (χ3n) is 1.18. The number of benzene rings is 1. The summed E-state index contributed by atoms with van der Waals surface area (Å²) < 4.78 is 2.18. The Morgan fingerprint density at radius 3 is 2.55 bits per heavy atom. The van der Waals surface area contributed by atoms with Gasteiger partial charge in [0.05, 0.1) is 0 Å². The Hall–Kier alpha value is -0.561. The molecule has 0 saturated carbocycles. The van der Waals surface area contributed by atoms with Gasteiger partial charge in [0.2, 0.25) is 0 Å². The fourth-order valence-electron chi connectivity index (χ4n) is 0.687. The van der Waals surface area contributed by atoms with Crippen molar-refractivity contribution < 1.29 is 5.11 Å². The van der Waals surface area contributed by atoms with E-state index in [0.29, 0.717) is 0 Å². The summed E-state index contributed by atoms with van der Waals surface area (Å²) in [7, 11) is 0. The van der Waals surface area contributed by atoms with Gasteiger partial charge >= 0.3 is 72.5 Å². The summed E-state index contributed by atoms with van der Waals surface area (Å²) in [6.07, 6.45) is 0. The van der Waals surface area contributed by atoms with Crippen molar-refractivity contribution >= 4 is 19.4 Å². The van der Waals surface area contributed by atoms with E-state index in [1.165, 1.54) is 4.46 Å². The Balaban J connectivity index is 2.58. The van der Waals surface area contributed by atoms with E-state index in [4.69, 9.17) is 5.11 Å². The molecule has 11 heavy (non-hydrogen) atoms. The van der Waals surface area contributed by atoms with Gasteiger partial charge in [-0.05, 0) is 0 Å². The fraction of sp³-hybridized carbons (Fsp3) is 0.111. The van der Waals surface area contributed by atoms with E-state index in [-0.39, 0.29) is 21.6 Å². The first-order valence-electron chi connectivity index (χ1n) is 3.34. The second kappa shape index (κ2) is 4.34. The zero-order valence-electron chi connectivity index (χ0n) is 6.16. The van der Waals surface area contributed by atoms with Crippen LogP contribution in [0.2, 0.25) is 0 Å². The van der Waals surface area contributed by atoms with Gasteiger partial charge in [0.1, 0.15) is 0 Å². The predicted octanol–water partition coefficient (Wildman–Crippen LogP) is 0.522. The Labute approximate surface area is 72.9 Å². The molecular weight excluding hydrogens is 203 g/mol. The van der Waals surface area contributed by atoms with Crippen molar-refractivity contribution in [2.45, 2.75) is 0 Å². The van der Waals surface area contributed by atoms with Gasteiger partial charge in [0, 0.05) is 0 Å². The number of hydrogen-bond donors (Lipinski definition) is 1. The van der Waals surface area contributed by atoms with Gasteiger partial charge in [-0.2, -0.15) is 0 Å². The molecule has 0 amide bonds. The van der Waals surface area contributed by atoms with E-state index < -0.39 is 0 Å². The summed E-state index contributed by atoms with van der Waals surface area (Å²) in [5.41, 5.74) is 0. The number of rotatable bonds is 3. The topological polar surface area (TPSA) is 20.2 Å². The van der Waals surface area contributed by atoms with Crippen molar-refractivity contribution in [1.82, 2.24) is 0 Å². The van der Waals surface area contributed by atoms with Crippen LogP contribution in [-0.2, 0) is 0 Å². The molecule has 1 aromatic rings. The van der Waals surface area contributed by atoms with Crippen LogP contribution >= 0.6 is 0 Å². The van der Waals surface area contributed by atoms with Crippen molar-refractivity contribution in [3.63, 3.8) is 0 Å². The molecule has 0 bridgehead atoms. The second-order valence-corrected chi connectivity index (χ2v) is 4.74. The average molecular weight is 213 g/mol. The van der Waals surface area contributed by atoms with Gasteiger partial charge in [-0.1, -0.05) is 0 Å². The van der Waals surface area contributed by atoms with E-state index in [9.17, 15) is 0 Å². The van der Waals surface area contributed by atoms with Crippen LogP contribution in [0.25, 0.3) is 0 Å². The number of aliphatic hydroxyl groups excluding tert-OH is 1. The van der Waals surface area contributed by atoms with Crippen molar-refractivity contribution in [2.24, 2.45) is 0 Å². The van der Waals surface area contributed by atoms with E-state index >= 15 is 0 Å². The Morgan fingerprint density at radius 1 is 1.36 bits per heavy atom. The summed E-state index contributed by atoms with van der Waals surface area (Å²) in [6.45, 7) is 3.85. The summed E-state index contributed by atoms with van der Waals surface area (Å²) in [4.78, 5) is 0. The van der Waals surface area contributed by atoms with Gasteiger partial charge in [-0.25, -0.2) is 0 Å². The zero-order valence-corrected chi connectivity index (χ0v) is 7.87. The van der Waals surface area contributed by atoms with Crippen LogP contribution in [-0.4, -0.2) is 26.7 Å². The van der Waals surface area contributed by atoms with Crippen molar-refractivity contribution in [3.05, 3.63) is 41.4 Å². The molecule has 0 radical (unpaired) electrons. The van der Waals surface area contributed by atoms with Crippen LogP contribution in [0.1, 0.15) is 0 Å². The molecule has 0 spiro atoms. The van der Waals surface area contributed by atoms with Gasteiger partial charge in [0.15, 0.2) is 0 Å². The molecule has 0 aliphatic rings. The third kappa shape index (κ3) is 2.89. The molecule has 2 heteroatoms. The molecule has 0 unspecified atom stereocenters. The Morgan fingerprint density at radius 2 is 2.00 bits per heavy atom. The van der Waals surface area contributed by atoms with Gasteiger partial charge in [0.25, 0.3) is 0 Å². The Bertz CT molecular complexity index is 231. The SMILES string of the molecule is C=C(CO)[Se]c1ccccc1. The van der Waals surface area contributed by atoms with Crippen LogP contribution in [0.15, 0.2) is 41.4 Å². The van der Waals surface area contributed by atoms with Crippen LogP contribution < -0.4 is 4.46 Å². The van der Waals surface area contributed by atoms with Gasteiger partial charge in [-0.3, -0.25) is 0 Å². The van der Waals surface area contributed by atoms with E-state index in [0.717, 1.165) is 4.47 Å². The monoisotopic (exact) mass is 214 g/mol. The van der Waals surface area contributed by atoms with Crippen molar-refractivity contribution in [3.8, 4) is 0 Å². The molecule has 1 N–H and O–H groups in total. The molecule has 0 aliphatic carbocycles. The average Bonchev–Trinajstić information content (AvgIpc) is 2.06. The van der Waals surface area contributed by atoms with Crippen molar-refractivity contribution in [2.75, 3.05) is 6.61 Å². The van der Waals surface area contributed by atoms with E-state index in [1.54, 1.807) is 0 Å². The normalized spacial score (nSPS) is 9.55. The van der Waals surface area contributed by atoms with Crippen molar-refractivity contribution in [1.29, 1.82) is 0 Å². The van der Waals surface area contributed by atoms with Crippen LogP contribution in [0, 0.1) is 0 Å². The molecule has 0 saturated heterocycles. The molecule has 0 aliphatic heterocycles. The molecule has 0 aromatic heterocycles. The van der Waals surface area contributed by atoms with Gasteiger partial charge < -0.3 is 0 Å². The van der Waals surface area contributed by atoms with Crippen LogP contribution in [0.3, 0.4) is 0 Å². The maximum atomic E-state index is 8.71. The van der Waals surface area contributed by atoms with E-state index in [2.05, 4.69) is 18.7 Å². The zero-order chi connectivity index (χ0) is 8.10. The summed E-state index contributed by atoms with van der Waals surface area (Å²) >= 11 is 0.232. The molecule has 58 valence electrons. The summed E-state index contributed by atoms with van der Waals surface area (Å²) in [6, 6.07) is 10.1. The first kappa shape index (κ1) is 8.54. The number of hydrogen-bond acceptors (Lipinski definition) is 1. The second-order valence-electron chi connectivity index (χ2n) is 2.11. The molecule has 1 rings (SSSR count). The quantitative estimate of drug-likeness (QED) is 0.726. The molecule has 0 atom stereocenters. The first-order chi connectivity index (χ1) is 5.33. The summed E-state index contributed by atoms with van der Waals surface area (Å²) in [5.74, 6) is 0. The fourth-order valence-corrected chi connectivity index (χ4v) is 2.14. The minimum absolute atomic E-state index is 0.106.